The van der Waals surface area contributed by atoms with Crippen LogP contribution in [0.25, 0.3) is 16.8 Å². The van der Waals surface area contributed by atoms with Crippen LogP contribution in [0.3, 0.4) is 0 Å². The Balaban J connectivity index is 1.61. The van der Waals surface area contributed by atoms with Crippen LogP contribution in [0, 0.1) is 0 Å². The average molecular weight is 412 g/mol. The Morgan fingerprint density at radius 1 is 1.03 bits per heavy atom. The molecule has 0 radical (unpaired) electrons. The van der Waals surface area contributed by atoms with E-state index in [1.54, 1.807) is 35.9 Å². The zero-order valence-electron chi connectivity index (χ0n) is 17.2. The zero-order valence-corrected chi connectivity index (χ0v) is 17.2. The molecular formula is C20H24N6O4. The molecule has 4 rings (SSSR count). The number of hydrogen-bond donors (Lipinski definition) is 0. The summed E-state index contributed by atoms with van der Waals surface area (Å²) in [5.41, 5.74) is 2.30. The second kappa shape index (κ2) is 8.44. The molecule has 3 aromatic heterocycles. The minimum atomic E-state index is -0.266. The maximum atomic E-state index is 11.9. The van der Waals surface area contributed by atoms with Crippen LogP contribution in [0.15, 0.2) is 30.6 Å². The zero-order chi connectivity index (χ0) is 21.1. The van der Waals surface area contributed by atoms with Gasteiger partial charge in [-0.1, -0.05) is 0 Å². The summed E-state index contributed by atoms with van der Waals surface area (Å²) in [6.07, 6.45) is 3.36. The molecule has 0 bridgehead atoms. The van der Waals surface area contributed by atoms with Crippen LogP contribution in [-0.2, 0) is 4.74 Å². The van der Waals surface area contributed by atoms with E-state index in [1.807, 2.05) is 25.3 Å². The van der Waals surface area contributed by atoms with Crippen LogP contribution < -0.4 is 14.4 Å². The van der Waals surface area contributed by atoms with Crippen LogP contribution in [0.4, 0.5) is 10.6 Å². The van der Waals surface area contributed by atoms with Crippen molar-refractivity contribution < 1.29 is 19.0 Å². The summed E-state index contributed by atoms with van der Waals surface area (Å²) in [7, 11) is 3.13. The highest BCUT2D eigenvalue weighted by molar-refractivity contribution is 5.81. The molecule has 1 fully saturated rings. The van der Waals surface area contributed by atoms with Crippen molar-refractivity contribution in [1.29, 1.82) is 0 Å². The molecule has 0 spiro atoms. The third-order valence-electron chi connectivity index (χ3n) is 5.01. The molecule has 1 amide bonds. The van der Waals surface area contributed by atoms with Gasteiger partial charge in [-0.3, -0.25) is 0 Å². The maximum absolute atomic E-state index is 11.9. The maximum Gasteiger partial charge on any atom is 0.409 e. The number of ether oxygens (including phenoxy) is 3. The fourth-order valence-electron chi connectivity index (χ4n) is 3.46. The van der Waals surface area contributed by atoms with Crippen molar-refractivity contribution >= 4 is 17.6 Å². The first-order chi connectivity index (χ1) is 14.6. The van der Waals surface area contributed by atoms with Gasteiger partial charge in [0.2, 0.25) is 11.8 Å². The van der Waals surface area contributed by atoms with Crippen LogP contribution in [0.5, 0.6) is 11.8 Å². The van der Waals surface area contributed by atoms with Crippen molar-refractivity contribution in [1.82, 2.24) is 24.5 Å². The van der Waals surface area contributed by atoms with Gasteiger partial charge < -0.3 is 24.0 Å². The highest BCUT2D eigenvalue weighted by Gasteiger charge is 2.23. The Labute approximate surface area is 174 Å². The van der Waals surface area contributed by atoms with Gasteiger partial charge in [0, 0.05) is 44.0 Å². The number of anilines is 1. The molecule has 0 N–H and O–H groups in total. The molecule has 10 nitrogen and oxygen atoms in total. The number of piperazine rings is 1. The van der Waals surface area contributed by atoms with E-state index in [0.29, 0.717) is 50.2 Å². The highest BCUT2D eigenvalue weighted by atomic mass is 16.6. The average Bonchev–Trinajstić information content (AvgIpc) is 3.22. The summed E-state index contributed by atoms with van der Waals surface area (Å²) < 4.78 is 17.4. The van der Waals surface area contributed by atoms with Gasteiger partial charge in [0.1, 0.15) is 5.82 Å². The second-order valence-electron chi connectivity index (χ2n) is 6.70. The summed E-state index contributed by atoms with van der Waals surface area (Å²) in [5.74, 6) is 1.74. The number of nitrogens with zero attached hydrogens (tertiary/aromatic N) is 6. The smallest absolute Gasteiger partial charge is 0.409 e. The van der Waals surface area contributed by atoms with E-state index in [2.05, 4.69) is 15.0 Å². The lowest BCUT2D eigenvalue weighted by atomic mass is 10.1. The summed E-state index contributed by atoms with van der Waals surface area (Å²) in [6.45, 7) is 4.73. The lowest BCUT2D eigenvalue weighted by Gasteiger charge is -2.34. The third-order valence-corrected chi connectivity index (χ3v) is 5.01. The van der Waals surface area contributed by atoms with E-state index in [0.717, 1.165) is 16.9 Å². The Bertz CT molecular complexity index is 1040. The van der Waals surface area contributed by atoms with Crippen LogP contribution in [0.1, 0.15) is 6.92 Å². The van der Waals surface area contributed by atoms with Gasteiger partial charge >= 0.3 is 6.09 Å². The fraction of sp³-hybridized carbons (Fsp3) is 0.400. The van der Waals surface area contributed by atoms with Crippen LogP contribution in [0.2, 0.25) is 0 Å². The predicted octanol–water partition coefficient (Wildman–Crippen LogP) is 2.09. The van der Waals surface area contributed by atoms with Crippen molar-refractivity contribution in [3.05, 3.63) is 30.6 Å². The summed E-state index contributed by atoms with van der Waals surface area (Å²) in [4.78, 5) is 25.0. The van der Waals surface area contributed by atoms with Gasteiger partial charge in [0.15, 0.2) is 5.65 Å². The number of pyridine rings is 1. The highest BCUT2D eigenvalue weighted by Crippen LogP contribution is 2.33. The number of fused-ring (bicyclic) bond motifs is 1. The Kier molecular flexibility index (Phi) is 5.55. The molecule has 158 valence electrons. The number of rotatable bonds is 5. The van der Waals surface area contributed by atoms with Crippen molar-refractivity contribution in [3.8, 4) is 22.9 Å². The molecule has 10 heteroatoms. The van der Waals surface area contributed by atoms with Gasteiger partial charge in [0.25, 0.3) is 0 Å². The lowest BCUT2D eigenvalue weighted by molar-refractivity contribution is 0.105. The number of hydrogen-bond acceptors (Lipinski definition) is 8. The Morgan fingerprint density at radius 2 is 1.83 bits per heavy atom. The molecular weight excluding hydrogens is 388 g/mol. The van der Waals surface area contributed by atoms with E-state index in [9.17, 15) is 4.79 Å². The van der Waals surface area contributed by atoms with Crippen molar-refractivity contribution in [3.63, 3.8) is 0 Å². The van der Waals surface area contributed by atoms with Gasteiger partial charge in [-0.05, 0) is 19.1 Å². The van der Waals surface area contributed by atoms with Gasteiger partial charge in [-0.25, -0.2) is 14.3 Å². The molecule has 0 saturated carbocycles. The largest absolute Gasteiger partial charge is 0.481 e. The van der Waals surface area contributed by atoms with Crippen molar-refractivity contribution in [2.75, 3.05) is 51.9 Å². The quantitative estimate of drug-likeness (QED) is 0.629. The topological polar surface area (TPSA) is 94.3 Å². The fourth-order valence-corrected chi connectivity index (χ4v) is 3.46. The molecule has 0 aliphatic carbocycles. The van der Waals surface area contributed by atoms with E-state index < -0.39 is 0 Å². The molecule has 3 aromatic rings. The molecule has 0 atom stereocenters. The summed E-state index contributed by atoms with van der Waals surface area (Å²) in [5, 5.41) is 4.41. The minimum absolute atomic E-state index is 0.266. The predicted molar refractivity (Wildman–Crippen MR) is 110 cm³/mol. The second-order valence-corrected chi connectivity index (χ2v) is 6.70. The molecule has 1 saturated heterocycles. The summed E-state index contributed by atoms with van der Waals surface area (Å²) in [6, 6.07) is 5.58. The van der Waals surface area contributed by atoms with Gasteiger partial charge in [-0.15, -0.1) is 0 Å². The lowest BCUT2D eigenvalue weighted by Crippen LogP contribution is -2.49. The first-order valence-electron chi connectivity index (χ1n) is 9.75. The molecule has 0 unspecified atom stereocenters. The molecule has 4 heterocycles. The number of carbonyl (C=O) groups is 1. The number of aromatic nitrogens is 4. The van der Waals surface area contributed by atoms with Gasteiger partial charge in [-0.2, -0.15) is 10.1 Å². The Hall–Kier alpha value is -3.56. The number of methoxy groups -OCH3 is 2. The van der Waals surface area contributed by atoms with Crippen LogP contribution in [-0.4, -0.2) is 77.6 Å². The monoisotopic (exact) mass is 412 g/mol. The Morgan fingerprint density at radius 3 is 2.53 bits per heavy atom. The minimum Gasteiger partial charge on any atom is -0.481 e. The first kappa shape index (κ1) is 19.7. The number of amides is 1. The SMILES string of the molecule is CCOC(=O)N1CCN(c2ccn3ncc(-c4ccc(OC)nc4OC)c3n2)CC1. The van der Waals surface area contributed by atoms with E-state index in [4.69, 9.17) is 19.2 Å². The number of carbonyl (C=O) groups excluding carboxylic acids is 1. The van der Waals surface area contributed by atoms with Crippen molar-refractivity contribution in [2.45, 2.75) is 6.92 Å². The first-order valence-corrected chi connectivity index (χ1v) is 9.75. The van der Waals surface area contributed by atoms with Crippen LogP contribution >= 0.6 is 0 Å². The summed E-state index contributed by atoms with van der Waals surface area (Å²) >= 11 is 0. The third kappa shape index (κ3) is 3.68. The van der Waals surface area contributed by atoms with E-state index in [1.165, 1.54) is 0 Å². The van der Waals surface area contributed by atoms with Gasteiger partial charge in [0.05, 0.1) is 32.6 Å². The standard InChI is InChI=1S/C20H24N6O4/c1-4-30-20(27)25-11-9-24(10-12-25)16-7-8-26-18(22-16)15(13-21-26)14-5-6-17(28-2)23-19(14)29-3/h5-8,13H,4,9-12H2,1-3H3. The molecule has 0 aromatic carbocycles. The molecule has 30 heavy (non-hydrogen) atoms. The van der Waals surface area contributed by atoms with E-state index >= 15 is 0 Å². The van der Waals surface area contributed by atoms with Crippen molar-refractivity contribution in [2.24, 2.45) is 0 Å². The normalized spacial score (nSPS) is 14.1. The molecule has 1 aliphatic heterocycles. The van der Waals surface area contributed by atoms with E-state index in [-0.39, 0.29) is 6.09 Å². The molecule has 1 aliphatic rings.